The molecule has 0 aliphatic carbocycles. The first-order valence-corrected chi connectivity index (χ1v) is 7.19. The minimum Gasteiger partial charge on any atom is -0.332 e. The molecule has 0 aromatic carbocycles. The molecule has 22 heavy (non-hydrogen) atoms. The molecule has 11 heteroatoms. The predicted molar refractivity (Wildman–Crippen MR) is 69.8 cm³/mol. The summed E-state index contributed by atoms with van der Waals surface area (Å²) in [6.07, 6.45) is -4.37. The van der Waals surface area contributed by atoms with Crippen LogP contribution < -0.4 is 5.69 Å². The van der Waals surface area contributed by atoms with Gasteiger partial charge in [-0.05, 0) is 34.4 Å². The van der Waals surface area contributed by atoms with Gasteiger partial charge in [0, 0.05) is 6.54 Å². The SMILES string of the molecule is O=C1[C@H](n2nnn(-c3cccs3)c2=O)CCN1CC(F)(F)F. The number of tetrazole rings is 1. The summed E-state index contributed by atoms with van der Waals surface area (Å²) in [5.74, 6) is -0.766. The maximum Gasteiger partial charge on any atom is 0.406 e. The molecule has 0 spiro atoms. The summed E-state index contributed by atoms with van der Waals surface area (Å²) in [5.41, 5.74) is -0.644. The van der Waals surface area contributed by atoms with Gasteiger partial charge in [-0.1, -0.05) is 0 Å². The molecule has 7 nitrogen and oxygen atoms in total. The molecule has 1 aliphatic heterocycles. The van der Waals surface area contributed by atoms with Gasteiger partial charge >= 0.3 is 11.9 Å². The summed E-state index contributed by atoms with van der Waals surface area (Å²) in [7, 11) is 0. The Bertz CT molecular complexity index is 736. The van der Waals surface area contributed by atoms with Gasteiger partial charge in [-0.15, -0.1) is 11.3 Å². The van der Waals surface area contributed by atoms with E-state index in [9.17, 15) is 22.8 Å². The standard InChI is InChI=1S/C11H10F3N5O2S/c12-11(13,14)6-17-4-3-7(9(17)20)18-10(21)19(16-15-18)8-2-1-5-22-8/h1-2,5,7H,3-4,6H2/t7-/m1/s1. The second-order valence-electron chi connectivity index (χ2n) is 4.75. The number of carbonyl (C=O) groups is 1. The van der Waals surface area contributed by atoms with Gasteiger partial charge in [0.15, 0.2) is 0 Å². The molecule has 0 unspecified atom stereocenters. The Hall–Kier alpha value is -2.17. The van der Waals surface area contributed by atoms with E-state index in [1.807, 2.05) is 0 Å². The van der Waals surface area contributed by atoms with Crippen LogP contribution in [0.4, 0.5) is 13.2 Å². The Morgan fingerprint density at radius 3 is 2.73 bits per heavy atom. The fraction of sp³-hybridized carbons (Fsp3) is 0.455. The van der Waals surface area contributed by atoms with Crippen molar-refractivity contribution in [3.8, 4) is 5.00 Å². The van der Waals surface area contributed by atoms with E-state index in [1.54, 1.807) is 17.5 Å². The van der Waals surface area contributed by atoms with E-state index in [0.717, 1.165) is 9.36 Å². The normalized spacial score (nSPS) is 19.1. The van der Waals surface area contributed by atoms with E-state index in [1.165, 1.54) is 11.3 Å². The molecule has 0 radical (unpaired) electrons. The number of hydrogen-bond donors (Lipinski definition) is 0. The molecule has 2 aromatic heterocycles. The number of hydrogen-bond acceptors (Lipinski definition) is 5. The maximum absolute atomic E-state index is 12.4. The number of aromatic nitrogens is 4. The van der Waals surface area contributed by atoms with Crippen molar-refractivity contribution < 1.29 is 18.0 Å². The minimum absolute atomic E-state index is 0.0681. The number of rotatable bonds is 3. The average molecular weight is 333 g/mol. The lowest BCUT2D eigenvalue weighted by atomic mass is 10.2. The zero-order chi connectivity index (χ0) is 15.9. The topological polar surface area (TPSA) is 73.0 Å². The molecular weight excluding hydrogens is 323 g/mol. The predicted octanol–water partition coefficient (Wildman–Crippen LogP) is 0.826. The summed E-state index contributed by atoms with van der Waals surface area (Å²) in [4.78, 5) is 24.9. The summed E-state index contributed by atoms with van der Waals surface area (Å²) < 4.78 is 39.0. The lowest BCUT2D eigenvalue weighted by Crippen LogP contribution is -2.38. The second kappa shape index (κ2) is 5.23. The maximum atomic E-state index is 12.4. The third-order valence-electron chi connectivity index (χ3n) is 3.25. The Balaban J connectivity index is 1.84. The molecule has 0 saturated carbocycles. The fourth-order valence-corrected chi connectivity index (χ4v) is 2.97. The number of nitrogens with zero attached hydrogens (tertiary/aromatic N) is 5. The van der Waals surface area contributed by atoms with Crippen LogP contribution >= 0.6 is 11.3 Å². The van der Waals surface area contributed by atoms with Crippen molar-refractivity contribution in [2.45, 2.75) is 18.6 Å². The highest BCUT2D eigenvalue weighted by molar-refractivity contribution is 7.12. The van der Waals surface area contributed by atoms with Gasteiger partial charge in [-0.2, -0.15) is 22.5 Å². The van der Waals surface area contributed by atoms with Gasteiger partial charge in [-0.25, -0.2) is 4.79 Å². The molecule has 0 bridgehead atoms. The van der Waals surface area contributed by atoms with Crippen LogP contribution in [0.3, 0.4) is 0 Å². The van der Waals surface area contributed by atoms with E-state index in [2.05, 4.69) is 10.4 Å². The van der Waals surface area contributed by atoms with E-state index in [0.29, 0.717) is 9.90 Å². The molecule has 0 N–H and O–H groups in total. The average Bonchev–Trinajstić information content (AvgIpc) is 3.11. The molecule has 3 heterocycles. The largest absolute Gasteiger partial charge is 0.406 e. The first-order valence-electron chi connectivity index (χ1n) is 6.31. The van der Waals surface area contributed by atoms with Crippen LogP contribution in [-0.4, -0.2) is 49.9 Å². The van der Waals surface area contributed by atoms with E-state index in [-0.39, 0.29) is 13.0 Å². The van der Waals surface area contributed by atoms with Crippen LogP contribution in [-0.2, 0) is 4.79 Å². The number of carbonyl (C=O) groups excluding carboxylic acids is 1. The van der Waals surface area contributed by atoms with Crippen molar-refractivity contribution in [3.05, 3.63) is 28.0 Å². The molecule has 1 saturated heterocycles. The van der Waals surface area contributed by atoms with Crippen molar-refractivity contribution in [3.63, 3.8) is 0 Å². The molecule has 1 atom stereocenters. The van der Waals surface area contributed by atoms with Gasteiger partial charge < -0.3 is 4.90 Å². The second-order valence-corrected chi connectivity index (χ2v) is 5.67. The molecule has 1 amide bonds. The van der Waals surface area contributed by atoms with E-state index in [4.69, 9.17) is 0 Å². The number of halogens is 3. The van der Waals surface area contributed by atoms with E-state index >= 15 is 0 Å². The first kappa shape index (κ1) is 14.8. The zero-order valence-electron chi connectivity index (χ0n) is 11.0. The highest BCUT2D eigenvalue weighted by atomic mass is 32.1. The van der Waals surface area contributed by atoms with Gasteiger partial charge in [0.2, 0.25) is 5.91 Å². The van der Waals surface area contributed by atoms with Crippen molar-refractivity contribution in [2.75, 3.05) is 13.1 Å². The van der Waals surface area contributed by atoms with Gasteiger partial charge in [0.25, 0.3) is 0 Å². The summed E-state index contributed by atoms with van der Waals surface area (Å²) in [5, 5.41) is 9.57. The quantitative estimate of drug-likeness (QED) is 0.834. The van der Waals surface area contributed by atoms with Crippen molar-refractivity contribution in [2.24, 2.45) is 0 Å². The zero-order valence-corrected chi connectivity index (χ0v) is 11.8. The molecule has 118 valence electrons. The van der Waals surface area contributed by atoms with Crippen LogP contribution in [0.15, 0.2) is 22.3 Å². The molecular formula is C11H10F3N5O2S. The third kappa shape index (κ3) is 2.63. The summed E-state index contributed by atoms with van der Waals surface area (Å²) in [6.45, 7) is -1.39. The van der Waals surface area contributed by atoms with E-state index < -0.39 is 30.4 Å². The fourth-order valence-electron chi connectivity index (χ4n) is 2.30. The highest BCUT2D eigenvalue weighted by Gasteiger charge is 2.41. The number of likely N-dealkylation sites (tertiary alicyclic amines) is 1. The minimum atomic E-state index is -4.47. The van der Waals surface area contributed by atoms with Crippen molar-refractivity contribution >= 4 is 17.2 Å². The lowest BCUT2D eigenvalue weighted by Gasteiger charge is -2.17. The number of alkyl halides is 3. The molecule has 1 aliphatic rings. The van der Waals surface area contributed by atoms with Crippen LogP contribution in [0.2, 0.25) is 0 Å². The Kier molecular flexibility index (Phi) is 3.51. The van der Waals surface area contributed by atoms with Crippen LogP contribution in [0.25, 0.3) is 5.00 Å². The molecule has 1 fully saturated rings. The van der Waals surface area contributed by atoms with Gasteiger partial charge in [-0.3, -0.25) is 4.79 Å². The molecule has 3 rings (SSSR count). The van der Waals surface area contributed by atoms with Crippen molar-refractivity contribution in [1.82, 2.24) is 24.7 Å². The highest BCUT2D eigenvalue weighted by Crippen LogP contribution is 2.25. The Morgan fingerprint density at radius 1 is 1.32 bits per heavy atom. The van der Waals surface area contributed by atoms with Gasteiger partial charge in [0.05, 0.1) is 0 Å². The van der Waals surface area contributed by atoms with Crippen LogP contribution in [0, 0.1) is 0 Å². The third-order valence-corrected chi connectivity index (χ3v) is 4.10. The Labute approximate surface area is 125 Å². The number of amides is 1. The summed E-state index contributed by atoms with van der Waals surface area (Å²) in [6, 6.07) is 2.33. The monoisotopic (exact) mass is 333 g/mol. The summed E-state index contributed by atoms with van der Waals surface area (Å²) >= 11 is 1.26. The van der Waals surface area contributed by atoms with Crippen LogP contribution in [0.5, 0.6) is 0 Å². The van der Waals surface area contributed by atoms with Crippen molar-refractivity contribution in [1.29, 1.82) is 0 Å². The van der Waals surface area contributed by atoms with Gasteiger partial charge in [0.1, 0.15) is 17.6 Å². The lowest BCUT2D eigenvalue weighted by molar-refractivity contribution is -0.158. The smallest absolute Gasteiger partial charge is 0.332 e. The molecule has 2 aromatic rings. The number of thiophene rings is 1. The Morgan fingerprint density at radius 2 is 2.09 bits per heavy atom. The van der Waals surface area contributed by atoms with Crippen LogP contribution in [0.1, 0.15) is 12.5 Å². The first-order chi connectivity index (χ1) is 10.4.